The van der Waals surface area contributed by atoms with Crippen LogP contribution < -0.4 is 0 Å². The van der Waals surface area contributed by atoms with Crippen LogP contribution >= 0.6 is 0 Å². The van der Waals surface area contributed by atoms with E-state index in [1.54, 1.807) is 0 Å². The second-order valence-electron chi connectivity index (χ2n) is 5.48. The van der Waals surface area contributed by atoms with Crippen molar-refractivity contribution in [3.8, 4) is 0 Å². The van der Waals surface area contributed by atoms with Gasteiger partial charge < -0.3 is 4.74 Å². The third-order valence-electron chi connectivity index (χ3n) is 2.59. The standard InChI is InChI=1S/C14H28O2/c1-6-7-8-16-14(15)13(9-11(2)3)10-12(4)5/h11-13H,6-10H2,1-5H3. The number of hydrogen-bond donors (Lipinski definition) is 0. The van der Waals surface area contributed by atoms with Crippen molar-refractivity contribution >= 4 is 5.97 Å². The molecule has 0 aromatic rings. The van der Waals surface area contributed by atoms with Crippen LogP contribution in [0.15, 0.2) is 0 Å². The van der Waals surface area contributed by atoms with E-state index in [1.165, 1.54) is 0 Å². The lowest BCUT2D eigenvalue weighted by Gasteiger charge is -2.19. The average molecular weight is 228 g/mol. The lowest BCUT2D eigenvalue weighted by Crippen LogP contribution is -2.21. The Balaban J connectivity index is 4.10. The van der Waals surface area contributed by atoms with Crippen molar-refractivity contribution in [2.75, 3.05) is 6.61 Å². The summed E-state index contributed by atoms with van der Waals surface area (Å²) in [5, 5.41) is 0. The predicted molar refractivity (Wildman–Crippen MR) is 68.3 cm³/mol. The molecule has 0 N–H and O–H groups in total. The maximum absolute atomic E-state index is 11.9. The minimum absolute atomic E-state index is 0.0100. The van der Waals surface area contributed by atoms with Gasteiger partial charge in [-0.05, 0) is 31.1 Å². The second-order valence-corrected chi connectivity index (χ2v) is 5.48. The SMILES string of the molecule is CCCCOC(=O)C(CC(C)C)CC(C)C. The topological polar surface area (TPSA) is 26.3 Å². The van der Waals surface area contributed by atoms with Crippen molar-refractivity contribution in [2.24, 2.45) is 17.8 Å². The van der Waals surface area contributed by atoms with Crippen molar-refractivity contribution in [1.82, 2.24) is 0 Å². The molecule has 0 atom stereocenters. The lowest BCUT2D eigenvalue weighted by atomic mass is 9.89. The molecule has 0 aliphatic rings. The summed E-state index contributed by atoms with van der Waals surface area (Å²) in [6, 6.07) is 0. The third kappa shape index (κ3) is 7.72. The van der Waals surface area contributed by atoms with E-state index in [2.05, 4.69) is 34.6 Å². The zero-order valence-corrected chi connectivity index (χ0v) is 11.6. The molecule has 2 heteroatoms. The Labute approximate surface area is 101 Å². The van der Waals surface area contributed by atoms with E-state index in [1.807, 2.05) is 0 Å². The fraction of sp³-hybridized carbons (Fsp3) is 0.929. The molecule has 0 amide bonds. The normalized spacial score (nSPS) is 11.5. The minimum atomic E-state index is 0.0100. The Hall–Kier alpha value is -0.530. The molecule has 16 heavy (non-hydrogen) atoms. The molecule has 0 aromatic carbocycles. The van der Waals surface area contributed by atoms with Crippen LogP contribution in [0, 0.1) is 17.8 Å². The van der Waals surface area contributed by atoms with Crippen LogP contribution in [-0.2, 0) is 9.53 Å². The first-order chi connectivity index (χ1) is 7.47. The van der Waals surface area contributed by atoms with E-state index in [0.717, 1.165) is 25.7 Å². The first-order valence-corrected chi connectivity index (χ1v) is 6.64. The van der Waals surface area contributed by atoms with E-state index in [0.29, 0.717) is 18.4 Å². The molecule has 0 heterocycles. The molecule has 0 aromatic heterocycles. The van der Waals surface area contributed by atoms with Gasteiger partial charge in [0.25, 0.3) is 0 Å². The third-order valence-corrected chi connectivity index (χ3v) is 2.59. The first kappa shape index (κ1) is 15.5. The van der Waals surface area contributed by atoms with Gasteiger partial charge in [-0.2, -0.15) is 0 Å². The smallest absolute Gasteiger partial charge is 0.308 e. The zero-order chi connectivity index (χ0) is 12.6. The van der Waals surface area contributed by atoms with Gasteiger partial charge in [-0.25, -0.2) is 0 Å². The van der Waals surface area contributed by atoms with Gasteiger partial charge in [0.2, 0.25) is 0 Å². The molecule has 96 valence electrons. The average Bonchev–Trinajstić information content (AvgIpc) is 2.15. The summed E-state index contributed by atoms with van der Waals surface area (Å²) in [6.45, 7) is 11.3. The number of hydrogen-bond acceptors (Lipinski definition) is 2. The molecule has 0 saturated carbocycles. The molecule has 2 nitrogen and oxygen atoms in total. The molecule has 0 rings (SSSR count). The van der Waals surface area contributed by atoms with Gasteiger partial charge >= 0.3 is 5.97 Å². The summed E-state index contributed by atoms with van der Waals surface area (Å²) in [5.74, 6) is 1.22. The summed E-state index contributed by atoms with van der Waals surface area (Å²) in [4.78, 5) is 11.9. The Morgan fingerprint density at radius 1 is 1.06 bits per heavy atom. The maximum atomic E-state index is 11.9. The van der Waals surface area contributed by atoms with Crippen LogP contribution in [0.1, 0.15) is 60.3 Å². The maximum Gasteiger partial charge on any atom is 0.308 e. The predicted octanol–water partition coefficient (Wildman–Crippen LogP) is 4.04. The van der Waals surface area contributed by atoms with Crippen molar-refractivity contribution in [3.63, 3.8) is 0 Å². The second kappa shape index (κ2) is 8.60. The highest BCUT2D eigenvalue weighted by Crippen LogP contribution is 2.21. The summed E-state index contributed by atoms with van der Waals surface area (Å²) >= 11 is 0. The van der Waals surface area contributed by atoms with Gasteiger partial charge in [0.05, 0.1) is 12.5 Å². The summed E-state index contributed by atoms with van der Waals surface area (Å²) < 4.78 is 5.31. The molecule has 0 bridgehead atoms. The molecule has 0 spiro atoms. The highest BCUT2D eigenvalue weighted by atomic mass is 16.5. The Morgan fingerprint density at radius 3 is 1.94 bits per heavy atom. The van der Waals surface area contributed by atoms with Gasteiger partial charge in [-0.1, -0.05) is 41.0 Å². The van der Waals surface area contributed by atoms with Crippen LogP contribution in [0.5, 0.6) is 0 Å². The van der Waals surface area contributed by atoms with E-state index >= 15 is 0 Å². The number of esters is 1. The lowest BCUT2D eigenvalue weighted by molar-refractivity contribution is -0.149. The highest BCUT2D eigenvalue weighted by Gasteiger charge is 2.22. The Bertz CT molecular complexity index is 175. The molecule has 0 aliphatic carbocycles. The van der Waals surface area contributed by atoms with E-state index in [-0.39, 0.29) is 11.9 Å². The van der Waals surface area contributed by atoms with Crippen LogP contribution in [0.2, 0.25) is 0 Å². The summed E-state index contributed by atoms with van der Waals surface area (Å²) in [5.41, 5.74) is 0. The molecular weight excluding hydrogens is 200 g/mol. The fourth-order valence-electron chi connectivity index (χ4n) is 1.86. The van der Waals surface area contributed by atoms with Crippen molar-refractivity contribution < 1.29 is 9.53 Å². The van der Waals surface area contributed by atoms with Crippen molar-refractivity contribution in [2.45, 2.75) is 60.3 Å². The summed E-state index contributed by atoms with van der Waals surface area (Å²) in [7, 11) is 0. The molecule has 0 aliphatic heterocycles. The van der Waals surface area contributed by atoms with Crippen molar-refractivity contribution in [1.29, 1.82) is 0 Å². The molecule has 0 saturated heterocycles. The molecular formula is C14H28O2. The Morgan fingerprint density at radius 2 is 1.56 bits per heavy atom. The van der Waals surface area contributed by atoms with Gasteiger partial charge in [0, 0.05) is 0 Å². The first-order valence-electron chi connectivity index (χ1n) is 6.64. The number of ether oxygens (including phenoxy) is 1. The van der Waals surface area contributed by atoms with Gasteiger partial charge in [-0.3, -0.25) is 4.79 Å². The summed E-state index contributed by atoms with van der Waals surface area (Å²) in [6.07, 6.45) is 3.94. The van der Waals surface area contributed by atoms with Gasteiger partial charge in [0.1, 0.15) is 0 Å². The quantitative estimate of drug-likeness (QED) is 0.463. The number of unbranched alkanes of at least 4 members (excludes halogenated alkanes) is 1. The number of carbonyl (C=O) groups is 1. The fourth-order valence-corrected chi connectivity index (χ4v) is 1.86. The molecule has 0 unspecified atom stereocenters. The van der Waals surface area contributed by atoms with E-state index < -0.39 is 0 Å². The van der Waals surface area contributed by atoms with Crippen LogP contribution in [0.4, 0.5) is 0 Å². The van der Waals surface area contributed by atoms with Crippen LogP contribution in [0.25, 0.3) is 0 Å². The number of rotatable bonds is 8. The zero-order valence-electron chi connectivity index (χ0n) is 11.6. The van der Waals surface area contributed by atoms with Crippen LogP contribution in [0.3, 0.4) is 0 Å². The Kier molecular flexibility index (Phi) is 8.32. The largest absolute Gasteiger partial charge is 0.465 e. The molecule has 0 radical (unpaired) electrons. The van der Waals surface area contributed by atoms with Gasteiger partial charge in [-0.15, -0.1) is 0 Å². The van der Waals surface area contributed by atoms with Gasteiger partial charge in [0.15, 0.2) is 0 Å². The minimum Gasteiger partial charge on any atom is -0.465 e. The molecule has 0 fully saturated rings. The van der Waals surface area contributed by atoms with Crippen LogP contribution in [-0.4, -0.2) is 12.6 Å². The van der Waals surface area contributed by atoms with E-state index in [9.17, 15) is 4.79 Å². The van der Waals surface area contributed by atoms with Crippen molar-refractivity contribution in [3.05, 3.63) is 0 Å². The van der Waals surface area contributed by atoms with E-state index in [4.69, 9.17) is 4.74 Å². The number of carbonyl (C=O) groups excluding carboxylic acids is 1. The monoisotopic (exact) mass is 228 g/mol. The highest BCUT2D eigenvalue weighted by molar-refractivity contribution is 5.72.